The van der Waals surface area contributed by atoms with Gasteiger partial charge in [-0.05, 0) is 19.4 Å². The average molecular weight is 406 g/mol. The Balaban J connectivity index is 0.00000364. The van der Waals surface area contributed by atoms with E-state index < -0.39 is 22.0 Å². The van der Waals surface area contributed by atoms with Crippen LogP contribution in [-0.4, -0.2) is 53.3 Å². The minimum atomic E-state index is -2.59. The van der Waals surface area contributed by atoms with Crippen LogP contribution in [0.2, 0.25) is 0 Å². The molecule has 2 aromatic rings. The quantitative estimate of drug-likeness (QED) is 0.494. The van der Waals surface area contributed by atoms with Crippen molar-refractivity contribution in [2.75, 3.05) is 13.2 Å². The van der Waals surface area contributed by atoms with Crippen molar-refractivity contribution in [3.63, 3.8) is 0 Å². The topological polar surface area (TPSA) is 91.4 Å². The third-order valence-corrected chi connectivity index (χ3v) is 5.92. The van der Waals surface area contributed by atoms with Crippen molar-refractivity contribution in [1.82, 2.24) is 14.8 Å². The zero-order valence-corrected chi connectivity index (χ0v) is 15.8. The number of aliphatic hydroxyl groups excluding tert-OH is 2. The molecule has 1 atom stereocenters. The highest BCUT2D eigenvalue weighted by atomic mass is 32.2. The molecular formula is C17H23F3N3O3S-. The average Bonchev–Trinajstić information content (AvgIpc) is 3.12. The molecule has 10 heteroatoms. The third-order valence-electron chi connectivity index (χ3n) is 4.36. The van der Waals surface area contributed by atoms with Gasteiger partial charge in [0.15, 0.2) is 0 Å². The number of hydrogen-bond acceptors (Lipinski definition) is 6. The van der Waals surface area contributed by atoms with Gasteiger partial charge in [-0.15, -0.1) is 11.8 Å². The number of aliphatic hydroxyl groups is 3. The Labute approximate surface area is 159 Å². The second-order valence-corrected chi connectivity index (χ2v) is 8.41. The fourth-order valence-corrected chi connectivity index (χ4v) is 4.09. The van der Waals surface area contributed by atoms with Gasteiger partial charge in [-0.3, -0.25) is 0 Å². The molecule has 1 aromatic heterocycles. The minimum absolute atomic E-state index is 0. The van der Waals surface area contributed by atoms with E-state index >= 15 is 0 Å². The fraction of sp³-hybridized carbons (Fsp3) is 0.529. The van der Waals surface area contributed by atoms with Crippen LogP contribution in [-0.2, 0) is 12.1 Å². The van der Waals surface area contributed by atoms with E-state index in [1.165, 1.54) is 53.4 Å². The molecule has 1 unspecified atom stereocenters. The first-order valence-corrected chi connectivity index (χ1v) is 8.94. The SMILES string of the molecule is CC(C)(SC(CO)CO)C(O)(Cn1cncn1)c1ccc(C(F)F)cc1.[F-]. The summed E-state index contributed by atoms with van der Waals surface area (Å²) in [6.07, 6.45) is 0.197. The summed E-state index contributed by atoms with van der Waals surface area (Å²) in [6.45, 7) is 3.06. The van der Waals surface area contributed by atoms with Crippen molar-refractivity contribution in [1.29, 1.82) is 0 Å². The van der Waals surface area contributed by atoms with Crippen molar-refractivity contribution in [3.8, 4) is 0 Å². The van der Waals surface area contributed by atoms with E-state index in [0.717, 1.165) is 0 Å². The Hall–Kier alpha value is -1.62. The van der Waals surface area contributed by atoms with Gasteiger partial charge in [0.05, 0.1) is 25.0 Å². The molecular weight excluding hydrogens is 383 g/mol. The number of hydrogen-bond donors (Lipinski definition) is 3. The summed E-state index contributed by atoms with van der Waals surface area (Å²) in [5.41, 5.74) is -1.22. The lowest BCUT2D eigenvalue weighted by Gasteiger charge is -2.44. The zero-order valence-electron chi connectivity index (χ0n) is 15.0. The van der Waals surface area contributed by atoms with Crippen LogP contribution in [0.15, 0.2) is 36.9 Å². The van der Waals surface area contributed by atoms with E-state index in [2.05, 4.69) is 10.1 Å². The summed E-state index contributed by atoms with van der Waals surface area (Å²) in [4.78, 5) is 3.87. The van der Waals surface area contributed by atoms with Gasteiger partial charge >= 0.3 is 0 Å². The first-order valence-electron chi connectivity index (χ1n) is 8.06. The summed E-state index contributed by atoms with van der Waals surface area (Å²) in [6, 6.07) is 5.49. The number of rotatable bonds is 9. The maximum Gasteiger partial charge on any atom is 0.263 e. The van der Waals surface area contributed by atoms with Crippen molar-refractivity contribution < 1.29 is 28.8 Å². The molecule has 0 fully saturated rings. The van der Waals surface area contributed by atoms with Crippen LogP contribution in [0.3, 0.4) is 0 Å². The van der Waals surface area contributed by atoms with Crippen molar-refractivity contribution in [2.24, 2.45) is 0 Å². The summed E-state index contributed by atoms with van der Waals surface area (Å²) < 4.78 is 26.3. The van der Waals surface area contributed by atoms with Gasteiger partial charge in [0.2, 0.25) is 0 Å². The molecule has 0 saturated heterocycles. The highest BCUT2D eigenvalue weighted by Crippen LogP contribution is 2.45. The molecule has 0 radical (unpaired) electrons. The lowest BCUT2D eigenvalue weighted by molar-refractivity contribution is -0.0143. The minimum Gasteiger partial charge on any atom is -1.00 e. The maximum atomic E-state index is 12.9. The van der Waals surface area contributed by atoms with Gasteiger partial charge in [-0.2, -0.15) is 5.10 Å². The molecule has 0 amide bonds. The van der Waals surface area contributed by atoms with Gasteiger partial charge in [0.25, 0.3) is 6.43 Å². The third kappa shape index (κ3) is 5.22. The first-order chi connectivity index (χ1) is 12.2. The number of halogens is 3. The molecule has 2 rings (SSSR count). The highest BCUT2D eigenvalue weighted by Gasteiger charge is 2.47. The number of nitrogens with zero attached hydrogens (tertiary/aromatic N) is 3. The summed E-state index contributed by atoms with van der Waals surface area (Å²) in [5, 5.41) is 33.9. The maximum absolute atomic E-state index is 12.9. The molecule has 0 aliphatic rings. The van der Waals surface area contributed by atoms with Gasteiger partial charge in [0, 0.05) is 10.3 Å². The van der Waals surface area contributed by atoms with Crippen molar-refractivity contribution in [2.45, 2.75) is 42.4 Å². The summed E-state index contributed by atoms with van der Waals surface area (Å²) in [7, 11) is 0. The fourth-order valence-electron chi connectivity index (χ4n) is 2.73. The van der Waals surface area contributed by atoms with Crippen LogP contribution < -0.4 is 4.70 Å². The predicted octanol–water partition coefficient (Wildman–Crippen LogP) is -1.03. The molecule has 0 aliphatic carbocycles. The summed E-state index contributed by atoms with van der Waals surface area (Å²) in [5.74, 6) is 0. The monoisotopic (exact) mass is 406 g/mol. The van der Waals surface area contributed by atoms with Gasteiger partial charge in [-0.25, -0.2) is 18.4 Å². The molecule has 27 heavy (non-hydrogen) atoms. The number of thioether (sulfide) groups is 1. The predicted molar refractivity (Wildman–Crippen MR) is 94.9 cm³/mol. The Morgan fingerprint density at radius 3 is 2.19 bits per heavy atom. The normalized spacial score (nSPS) is 14.3. The van der Waals surface area contributed by atoms with Gasteiger partial charge in [-0.1, -0.05) is 24.3 Å². The smallest absolute Gasteiger partial charge is 0.263 e. The number of benzene rings is 1. The van der Waals surface area contributed by atoms with E-state index in [1.54, 1.807) is 13.8 Å². The second kappa shape index (κ2) is 9.54. The molecule has 6 nitrogen and oxygen atoms in total. The largest absolute Gasteiger partial charge is 1.00 e. The van der Waals surface area contributed by atoms with E-state index in [4.69, 9.17) is 0 Å². The molecule has 0 aliphatic heterocycles. The van der Waals surface area contributed by atoms with Crippen molar-refractivity contribution >= 4 is 11.8 Å². The molecule has 152 valence electrons. The van der Waals surface area contributed by atoms with Crippen molar-refractivity contribution in [3.05, 3.63) is 48.0 Å². The van der Waals surface area contributed by atoms with E-state index in [1.807, 2.05) is 0 Å². The Bertz CT molecular complexity index is 682. The Kier molecular flexibility index (Phi) is 8.27. The highest BCUT2D eigenvalue weighted by molar-refractivity contribution is 8.01. The zero-order chi connectivity index (χ0) is 19.4. The molecule has 0 bridgehead atoms. The Morgan fingerprint density at radius 2 is 1.74 bits per heavy atom. The van der Waals surface area contributed by atoms with Gasteiger partial charge < -0.3 is 20.0 Å². The molecule has 0 spiro atoms. The molecule has 3 N–H and O–H groups in total. The second-order valence-electron chi connectivity index (χ2n) is 6.49. The Morgan fingerprint density at radius 1 is 1.15 bits per heavy atom. The van der Waals surface area contributed by atoms with Gasteiger partial charge in [0.1, 0.15) is 18.3 Å². The first kappa shape index (κ1) is 23.4. The van der Waals surface area contributed by atoms with Crippen LogP contribution in [0.4, 0.5) is 8.78 Å². The summed E-state index contributed by atoms with van der Waals surface area (Å²) >= 11 is 1.22. The number of alkyl halides is 2. The van der Waals surface area contributed by atoms with Crippen LogP contribution in [0, 0.1) is 0 Å². The molecule has 1 aromatic carbocycles. The van der Waals surface area contributed by atoms with E-state index in [-0.39, 0.29) is 30.0 Å². The lowest BCUT2D eigenvalue weighted by atomic mass is 9.82. The van der Waals surface area contributed by atoms with E-state index in [9.17, 15) is 24.1 Å². The van der Waals surface area contributed by atoms with Crippen LogP contribution in [0.1, 0.15) is 31.4 Å². The molecule has 0 saturated carbocycles. The van der Waals surface area contributed by atoms with Crippen LogP contribution in [0.5, 0.6) is 0 Å². The van der Waals surface area contributed by atoms with Crippen LogP contribution >= 0.6 is 11.8 Å². The lowest BCUT2D eigenvalue weighted by Crippen LogP contribution is -3.00. The molecule has 1 heterocycles. The standard InChI is InChI=1S/C17H23F2N3O3S.FH/c1-16(2,26-14(7-23)8-24)17(25,9-22-11-20-10-21-22)13-5-3-12(4-6-13)15(18)19;/h3-6,10-11,14-15,23-25H,7-9H2,1-2H3;1H/p-1. The van der Waals surface area contributed by atoms with Crippen LogP contribution in [0.25, 0.3) is 0 Å². The van der Waals surface area contributed by atoms with E-state index in [0.29, 0.717) is 5.56 Å². The number of aromatic nitrogens is 3.